The molecular weight excluding hydrogens is 533 g/mol. The predicted molar refractivity (Wildman–Crippen MR) is 151 cm³/mol. The summed E-state index contributed by atoms with van der Waals surface area (Å²) in [5.41, 5.74) is 1.83. The van der Waals surface area contributed by atoms with Crippen LogP contribution in [0.15, 0.2) is 72.8 Å². The number of hydrogen-bond acceptors (Lipinski definition) is 4. The van der Waals surface area contributed by atoms with Crippen LogP contribution in [-0.4, -0.2) is 28.7 Å². The minimum atomic E-state index is -1.32. The van der Waals surface area contributed by atoms with Gasteiger partial charge in [0.25, 0.3) is 5.91 Å². The van der Waals surface area contributed by atoms with Gasteiger partial charge in [-0.2, -0.15) is 0 Å². The molecule has 0 bridgehead atoms. The second-order valence-corrected chi connectivity index (χ2v) is 11.9. The third kappa shape index (κ3) is 4.08. The standard InChI is InChI=1S/C31H29Cl2N3O3/c1-18(2)14-24-26-27(29(38)36(28(26)37)16-19-8-4-3-5-9-19)31(34-24)21-10-6-7-11-25(21)35(30(31)39)17-20-12-13-22(32)23(33)15-20/h3-13,15,18,24,26-27,34H,14,16-17H2,1-2H3/t24-,26+,27+,31-/m0/s1. The van der Waals surface area contributed by atoms with Gasteiger partial charge in [-0.3, -0.25) is 24.6 Å². The summed E-state index contributed by atoms with van der Waals surface area (Å²) in [6, 6.07) is 22.1. The molecule has 4 atom stereocenters. The summed E-state index contributed by atoms with van der Waals surface area (Å²) in [6.45, 7) is 4.63. The first-order valence-electron chi connectivity index (χ1n) is 13.2. The van der Waals surface area contributed by atoms with Crippen molar-refractivity contribution in [1.29, 1.82) is 0 Å². The topological polar surface area (TPSA) is 69.7 Å². The summed E-state index contributed by atoms with van der Waals surface area (Å²) in [5, 5.41) is 4.43. The zero-order valence-corrected chi connectivity index (χ0v) is 23.2. The number of carbonyl (C=O) groups is 3. The van der Waals surface area contributed by atoms with Crippen LogP contribution in [0.2, 0.25) is 10.0 Å². The Bertz CT molecular complexity index is 1480. The maximum absolute atomic E-state index is 14.6. The summed E-state index contributed by atoms with van der Waals surface area (Å²) in [4.78, 5) is 45.7. The van der Waals surface area contributed by atoms with Crippen molar-refractivity contribution in [3.63, 3.8) is 0 Å². The lowest BCUT2D eigenvalue weighted by Gasteiger charge is -2.31. The lowest BCUT2D eigenvalue weighted by Crippen LogP contribution is -2.55. The monoisotopic (exact) mass is 561 g/mol. The fraction of sp³-hybridized carbons (Fsp3) is 0.323. The second kappa shape index (κ2) is 9.77. The van der Waals surface area contributed by atoms with Gasteiger partial charge in [-0.15, -0.1) is 0 Å². The fourth-order valence-electron chi connectivity index (χ4n) is 6.62. The van der Waals surface area contributed by atoms with E-state index < -0.39 is 17.4 Å². The molecular formula is C31H29Cl2N3O3. The van der Waals surface area contributed by atoms with Gasteiger partial charge >= 0.3 is 0 Å². The summed E-state index contributed by atoms with van der Waals surface area (Å²) in [6.07, 6.45) is 0.670. The summed E-state index contributed by atoms with van der Waals surface area (Å²) in [5.74, 6) is -1.91. The van der Waals surface area contributed by atoms with Gasteiger partial charge in [-0.05, 0) is 41.7 Å². The maximum atomic E-state index is 14.6. The van der Waals surface area contributed by atoms with Crippen molar-refractivity contribution in [3.8, 4) is 0 Å². The zero-order chi connectivity index (χ0) is 27.5. The molecule has 3 aromatic rings. The van der Waals surface area contributed by atoms with Crippen molar-refractivity contribution in [2.45, 2.75) is 44.9 Å². The SMILES string of the molecule is CC(C)C[C@@H]1N[C@]2(C(=O)N(Cc3ccc(Cl)c(Cl)c3)c3ccccc32)[C@H]2C(=O)N(Cc3ccccc3)C(=O)[C@H]12. The molecule has 6 nitrogen and oxygen atoms in total. The lowest BCUT2D eigenvalue weighted by molar-refractivity contribution is -0.143. The molecule has 6 rings (SSSR count). The highest BCUT2D eigenvalue weighted by atomic mass is 35.5. The lowest BCUT2D eigenvalue weighted by atomic mass is 9.76. The number of nitrogens with one attached hydrogen (secondary N) is 1. The van der Waals surface area contributed by atoms with Gasteiger partial charge in [0.2, 0.25) is 11.8 Å². The van der Waals surface area contributed by atoms with Crippen LogP contribution in [-0.2, 0) is 33.0 Å². The molecule has 0 aromatic heterocycles. The molecule has 2 fully saturated rings. The van der Waals surface area contributed by atoms with E-state index in [-0.39, 0.29) is 42.8 Å². The van der Waals surface area contributed by atoms with Gasteiger partial charge in [-0.25, -0.2) is 0 Å². The Morgan fingerprint density at radius 3 is 2.23 bits per heavy atom. The normalized spacial score (nSPS) is 25.8. The highest BCUT2D eigenvalue weighted by Gasteiger charge is 2.71. The van der Waals surface area contributed by atoms with Crippen LogP contribution in [0, 0.1) is 17.8 Å². The number of carbonyl (C=O) groups excluding carboxylic acids is 3. The van der Waals surface area contributed by atoms with Gasteiger partial charge in [0.15, 0.2) is 0 Å². The average Bonchev–Trinajstić information content (AvgIpc) is 3.46. The Kier molecular flexibility index (Phi) is 6.53. The molecule has 3 heterocycles. The number of likely N-dealkylation sites (tertiary alicyclic amines) is 1. The number of halogens is 2. The molecule has 1 N–H and O–H groups in total. The van der Waals surface area contributed by atoms with E-state index >= 15 is 0 Å². The van der Waals surface area contributed by atoms with Gasteiger partial charge < -0.3 is 4.90 Å². The van der Waals surface area contributed by atoms with Crippen LogP contribution in [0.25, 0.3) is 0 Å². The molecule has 200 valence electrons. The Balaban J connectivity index is 1.44. The van der Waals surface area contributed by atoms with Crippen molar-refractivity contribution in [2.75, 3.05) is 4.90 Å². The quantitative estimate of drug-likeness (QED) is 0.400. The minimum absolute atomic E-state index is 0.193. The Morgan fingerprint density at radius 1 is 0.821 bits per heavy atom. The highest BCUT2D eigenvalue weighted by molar-refractivity contribution is 6.42. The number of nitrogens with zero attached hydrogens (tertiary/aromatic N) is 2. The predicted octanol–water partition coefficient (Wildman–Crippen LogP) is 5.55. The summed E-state index contributed by atoms with van der Waals surface area (Å²) >= 11 is 12.4. The molecule has 3 aliphatic rings. The largest absolute Gasteiger partial charge is 0.306 e. The second-order valence-electron chi connectivity index (χ2n) is 11.1. The van der Waals surface area contributed by atoms with Gasteiger partial charge in [0.05, 0.1) is 35.0 Å². The Hall–Kier alpha value is -3.19. The molecule has 0 radical (unpaired) electrons. The van der Waals surface area contributed by atoms with E-state index in [1.807, 2.05) is 60.7 Å². The van der Waals surface area contributed by atoms with Crippen LogP contribution in [0.5, 0.6) is 0 Å². The van der Waals surface area contributed by atoms with E-state index in [0.717, 1.165) is 22.4 Å². The summed E-state index contributed by atoms with van der Waals surface area (Å²) in [7, 11) is 0. The van der Waals surface area contributed by atoms with Gasteiger partial charge in [0.1, 0.15) is 5.54 Å². The average molecular weight is 562 g/mol. The molecule has 2 saturated heterocycles. The van der Waals surface area contributed by atoms with Crippen molar-refractivity contribution < 1.29 is 14.4 Å². The molecule has 3 aromatic carbocycles. The van der Waals surface area contributed by atoms with Crippen LogP contribution in [0.3, 0.4) is 0 Å². The molecule has 8 heteroatoms. The molecule has 0 unspecified atom stereocenters. The first-order chi connectivity index (χ1) is 18.7. The highest BCUT2D eigenvalue weighted by Crippen LogP contribution is 2.55. The molecule has 3 amide bonds. The number of para-hydroxylation sites is 1. The molecule has 39 heavy (non-hydrogen) atoms. The maximum Gasteiger partial charge on any atom is 0.253 e. The Labute approximate surface area is 237 Å². The number of fused-ring (bicyclic) bond motifs is 4. The number of amides is 3. The van der Waals surface area contributed by atoms with Gasteiger partial charge in [0, 0.05) is 17.3 Å². The van der Waals surface area contributed by atoms with Crippen LogP contribution >= 0.6 is 23.2 Å². The number of imide groups is 1. The van der Waals surface area contributed by atoms with Crippen molar-refractivity contribution in [2.24, 2.45) is 17.8 Å². The van der Waals surface area contributed by atoms with E-state index in [4.69, 9.17) is 23.2 Å². The van der Waals surface area contributed by atoms with Crippen LogP contribution in [0.1, 0.15) is 37.0 Å². The van der Waals surface area contributed by atoms with Gasteiger partial charge in [-0.1, -0.05) is 91.6 Å². The molecule has 3 aliphatic heterocycles. The number of anilines is 1. The van der Waals surface area contributed by atoms with Crippen molar-refractivity contribution in [3.05, 3.63) is 99.5 Å². The van der Waals surface area contributed by atoms with Crippen molar-refractivity contribution >= 4 is 46.6 Å². The van der Waals surface area contributed by atoms with Crippen LogP contribution in [0.4, 0.5) is 5.69 Å². The number of hydrogen-bond donors (Lipinski definition) is 1. The van der Waals surface area contributed by atoms with E-state index in [0.29, 0.717) is 16.5 Å². The van der Waals surface area contributed by atoms with Crippen molar-refractivity contribution in [1.82, 2.24) is 10.2 Å². The molecule has 0 saturated carbocycles. The molecule has 0 aliphatic carbocycles. The smallest absolute Gasteiger partial charge is 0.253 e. The van der Waals surface area contributed by atoms with Crippen LogP contribution < -0.4 is 10.2 Å². The third-order valence-electron chi connectivity index (χ3n) is 8.19. The summed E-state index contributed by atoms with van der Waals surface area (Å²) < 4.78 is 0. The fourth-order valence-corrected chi connectivity index (χ4v) is 6.94. The Morgan fingerprint density at radius 2 is 1.51 bits per heavy atom. The third-order valence-corrected chi connectivity index (χ3v) is 8.93. The molecule has 1 spiro atoms. The van der Waals surface area contributed by atoms with E-state index in [1.165, 1.54) is 4.90 Å². The number of rotatable bonds is 6. The minimum Gasteiger partial charge on any atom is -0.306 e. The zero-order valence-electron chi connectivity index (χ0n) is 21.7. The van der Waals surface area contributed by atoms with E-state index in [9.17, 15) is 14.4 Å². The first-order valence-corrected chi connectivity index (χ1v) is 14.0. The first kappa shape index (κ1) is 26.1. The van der Waals surface area contributed by atoms with E-state index in [1.54, 1.807) is 17.0 Å². The van der Waals surface area contributed by atoms with E-state index in [2.05, 4.69) is 19.2 Å². The number of benzene rings is 3.